The molecular formula is C16H12ClN3O3S. The van der Waals surface area contributed by atoms with E-state index in [-0.39, 0.29) is 16.6 Å². The van der Waals surface area contributed by atoms with Crippen LogP contribution < -0.4 is 5.56 Å². The Balaban J connectivity index is 2.39. The van der Waals surface area contributed by atoms with Gasteiger partial charge in [-0.25, -0.2) is 14.8 Å². The van der Waals surface area contributed by atoms with Crippen LogP contribution in [0.25, 0.3) is 22.3 Å². The van der Waals surface area contributed by atoms with Crippen molar-refractivity contribution in [2.24, 2.45) is 0 Å². The summed E-state index contributed by atoms with van der Waals surface area (Å²) in [6.45, 7) is 0. The van der Waals surface area contributed by atoms with Crippen molar-refractivity contribution in [1.82, 2.24) is 15.0 Å². The molecule has 0 saturated carbocycles. The summed E-state index contributed by atoms with van der Waals surface area (Å²) in [6, 6.07) is 8.59. The number of esters is 1. The van der Waals surface area contributed by atoms with E-state index in [1.165, 1.54) is 24.9 Å². The number of nitrogens with zero attached hydrogens (tertiary/aromatic N) is 2. The number of ether oxygens (including phenoxy) is 1. The number of hydrogen-bond donors (Lipinski definition) is 1. The molecule has 3 rings (SSSR count). The lowest BCUT2D eigenvalue weighted by molar-refractivity contribution is 0.0603. The lowest BCUT2D eigenvalue weighted by Crippen LogP contribution is -2.15. The normalized spacial score (nSPS) is 10.8. The fraction of sp³-hybridized carbons (Fsp3) is 0.125. The maximum atomic E-state index is 12.3. The molecule has 0 aliphatic carbocycles. The van der Waals surface area contributed by atoms with Gasteiger partial charge in [0.05, 0.1) is 23.8 Å². The molecule has 3 aromatic rings. The number of fused-ring (bicyclic) bond motifs is 1. The van der Waals surface area contributed by atoms with Crippen molar-refractivity contribution in [3.05, 3.63) is 51.3 Å². The Morgan fingerprint density at radius 2 is 2.04 bits per heavy atom. The third kappa shape index (κ3) is 2.88. The number of H-pyrrole nitrogens is 1. The molecule has 0 saturated heterocycles. The van der Waals surface area contributed by atoms with Gasteiger partial charge in [0.1, 0.15) is 0 Å². The number of thioether (sulfide) groups is 1. The standard InChI is InChI=1S/C16H12ClN3O3S/c1-23-15(22)9-7-11(8-5-3-4-6-10(8)17)18-13-12(9)14(21)20-16(19-13)24-2/h3-7H,1-2H3,(H,18,19,20,21). The van der Waals surface area contributed by atoms with Crippen molar-refractivity contribution < 1.29 is 9.53 Å². The van der Waals surface area contributed by atoms with E-state index in [1.54, 1.807) is 24.5 Å². The fourth-order valence-corrected chi connectivity index (χ4v) is 2.90. The van der Waals surface area contributed by atoms with Gasteiger partial charge in [-0.15, -0.1) is 0 Å². The summed E-state index contributed by atoms with van der Waals surface area (Å²) in [7, 11) is 1.25. The van der Waals surface area contributed by atoms with E-state index in [9.17, 15) is 9.59 Å². The highest BCUT2D eigenvalue weighted by molar-refractivity contribution is 7.98. The van der Waals surface area contributed by atoms with Crippen LogP contribution in [0.4, 0.5) is 0 Å². The van der Waals surface area contributed by atoms with E-state index in [0.717, 1.165) is 0 Å². The molecule has 6 nitrogen and oxygen atoms in total. The highest BCUT2D eigenvalue weighted by atomic mass is 35.5. The molecule has 0 aliphatic heterocycles. The zero-order valence-corrected chi connectivity index (χ0v) is 14.4. The summed E-state index contributed by atoms with van der Waals surface area (Å²) in [5.41, 5.74) is 0.903. The quantitative estimate of drug-likeness (QED) is 0.438. The van der Waals surface area contributed by atoms with E-state index in [2.05, 4.69) is 15.0 Å². The van der Waals surface area contributed by atoms with E-state index in [0.29, 0.717) is 21.4 Å². The molecule has 1 aromatic carbocycles. The number of aromatic nitrogens is 3. The third-order valence-corrected chi connectivity index (χ3v) is 4.31. The topological polar surface area (TPSA) is 84.9 Å². The summed E-state index contributed by atoms with van der Waals surface area (Å²) in [6.07, 6.45) is 1.78. The number of aromatic amines is 1. The monoisotopic (exact) mass is 361 g/mol. The number of halogens is 1. The van der Waals surface area contributed by atoms with Crippen molar-refractivity contribution in [1.29, 1.82) is 0 Å². The predicted octanol–water partition coefficient (Wildman–Crippen LogP) is 3.15. The summed E-state index contributed by atoms with van der Waals surface area (Å²) < 4.78 is 4.79. The third-order valence-electron chi connectivity index (χ3n) is 3.40. The van der Waals surface area contributed by atoms with Crippen LogP contribution in [0.15, 0.2) is 40.3 Å². The SMILES string of the molecule is COC(=O)c1cc(-c2ccccc2Cl)nc2nc(SC)[nH]c(=O)c12. The molecule has 0 aliphatic rings. The van der Waals surface area contributed by atoms with Crippen molar-refractivity contribution in [3.8, 4) is 11.3 Å². The maximum Gasteiger partial charge on any atom is 0.338 e. The van der Waals surface area contributed by atoms with Crippen LogP contribution in [-0.4, -0.2) is 34.3 Å². The molecule has 0 radical (unpaired) electrons. The summed E-state index contributed by atoms with van der Waals surface area (Å²) in [4.78, 5) is 35.8. The number of pyridine rings is 1. The lowest BCUT2D eigenvalue weighted by atomic mass is 10.1. The number of carbonyl (C=O) groups excluding carboxylic acids is 1. The first-order chi connectivity index (χ1) is 11.5. The molecular weight excluding hydrogens is 350 g/mol. The van der Waals surface area contributed by atoms with Gasteiger partial charge < -0.3 is 9.72 Å². The van der Waals surface area contributed by atoms with Crippen LogP contribution in [0.3, 0.4) is 0 Å². The Morgan fingerprint density at radius 3 is 2.71 bits per heavy atom. The molecule has 2 aromatic heterocycles. The summed E-state index contributed by atoms with van der Waals surface area (Å²) in [5, 5.41) is 0.984. The van der Waals surface area contributed by atoms with Crippen molar-refractivity contribution in [2.45, 2.75) is 5.16 Å². The molecule has 0 bridgehead atoms. The molecule has 0 fully saturated rings. The van der Waals surface area contributed by atoms with Crippen molar-refractivity contribution in [2.75, 3.05) is 13.4 Å². The molecule has 122 valence electrons. The second-order valence-electron chi connectivity index (χ2n) is 4.80. The zero-order valence-electron chi connectivity index (χ0n) is 12.8. The van der Waals surface area contributed by atoms with Gasteiger partial charge in [0.2, 0.25) is 0 Å². The zero-order chi connectivity index (χ0) is 17.3. The van der Waals surface area contributed by atoms with E-state index in [4.69, 9.17) is 16.3 Å². The van der Waals surface area contributed by atoms with Gasteiger partial charge in [0.15, 0.2) is 10.8 Å². The van der Waals surface area contributed by atoms with Gasteiger partial charge in [-0.3, -0.25) is 4.79 Å². The van der Waals surface area contributed by atoms with Crippen LogP contribution in [-0.2, 0) is 4.74 Å². The van der Waals surface area contributed by atoms with Gasteiger partial charge in [0, 0.05) is 10.6 Å². The maximum absolute atomic E-state index is 12.3. The molecule has 0 spiro atoms. The first-order valence-corrected chi connectivity index (χ1v) is 8.47. The predicted molar refractivity (Wildman–Crippen MR) is 93.7 cm³/mol. The summed E-state index contributed by atoms with van der Waals surface area (Å²) in [5.74, 6) is -0.639. The first-order valence-electron chi connectivity index (χ1n) is 6.87. The molecule has 2 heterocycles. The molecule has 0 unspecified atom stereocenters. The molecule has 8 heteroatoms. The molecule has 24 heavy (non-hydrogen) atoms. The lowest BCUT2D eigenvalue weighted by Gasteiger charge is -2.09. The summed E-state index contributed by atoms with van der Waals surface area (Å²) >= 11 is 7.49. The number of methoxy groups -OCH3 is 1. The number of nitrogens with one attached hydrogen (secondary N) is 1. The molecule has 0 atom stereocenters. The average molecular weight is 362 g/mol. The minimum Gasteiger partial charge on any atom is -0.465 e. The average Bonchev–Trinajstić information content (AvgIpc) is 2.60. The van der Waals surface area contributed by atoms with Crippen molar-refractivity contribution >= 4 is 40.4 Å². The Hall–Kier alpha value is -2.38. The van der Waals surface area contributed by atoms with Gasteiger partial charge in [-0.2, -0.15) is 0 Å². The van der Waals surface area contributed by atoms with E-state index < -0.39 is 11.5 Å². The highest BCUT2D eigenvalue weighted by Gasteiger charge is 2.19. The molecule has 0 amide bonds. The smallest absolute Gasteiger partial charge is 0.338 e. The van der Waals surface area contributed by atoms with Crippen LogP contribution in [0, 0.1) is 0 Å². The Bertz CT molecular complexity index is 1000. The van der Waals surface area contributed by atoms with Gasteiger partial charge in [-0.05, 0) is 18.4 Å². The fourth-order valence-electron chi connectivity index (χ4n) is 2.29. The second kappa shape index (κ2) is 6.62. The van der Waals surface area contributed by atoms with Crippen LogP contribution in [0.5, 0.6) is 0 Å². The van der Waals surface area contributed by atoms with Gasteiger partial charge in [0.25, 0.3) is 5.56 Å². The van der Waals surface area contributed by atoms with Crippen molar-refractivity contribution in [3.63, 3.8) is 0 Å². The van der Waals surface area contributed by atoms with Crippen LogP contribution >= 0.6 is 23.4 Å². The van der Waals surface area contributed by atoms with Crippen LogP contribution in [0.2, 0.25) is 5.02 Å². The van der Waals surface area contributed by atoms with Gasteiger partial charge in [-0.1, -0.05) is 41.6 Å². The number of hydrogen-bond acceptors (Lipinski definition) is 6. The number of benzene rings is 1. The highest BCUT2D eigenvalue weighted by Crippen LogP contribution is 2.29. The number of rotatable bonds is 3. The van der Waals surface area contributed by atoms with E-state index >= 15 is 0 Å². The van der Waals surface area contributed by atoms with Gasteiger partial charge >= 0.3 is 5.97 Å². The number of carbonyl (C=O) groups is 1. The Morgan fingerprint density at radius 1 is 1.29 bits per heavy atom. The van der Waals surface area contributed by atoms with Crippen LogP contribution in [0.1, 0.15) is 10.4 Å². The van der Waals surface area contributed by atoms with E-state index in [1.807, 2.05) is 6.07 Å². The molecule has 1 N–H and O–H groups in total. The Kier molecular flexibility index (Phi) is 4.55. The minimum absolute atomic E-state index is 0.0930. The Labute approximate surface area is 146 Å². The minimum atomic E-state index is -0.639. The second-order valence-corrected chi connectivity index (χ2v) is 6.00. The first kappa shape index (κ1) is 16.5. The largest absolute Gasteiger partial charge is 0.465 e.